The number of ether oxygens (including phenoxy) is 1. The van der Waals surface area contributed by atoms with E-state index in [2.05, 4.69) is 10.4 Å². The highest BCUT2D eigenvalue weighted by atomic mass is 16.5. The van der Waals surface area contributed by atoms with Gasteiger partial charge >= 0.3 is 0 Å². The third-order valence-corrected chi connectivity index (χ3v) is 5.97. The van der Waals surface area contributed by atoms with E-state index < -0.39 is 0 Å². The molecule has 8 nitrogen and oxygen atoms in total. The average molecular weight is 397 g/mol. The summed E-state index contributed by atoms with van der Waals surface area (Å²) in [6, 6.07) is 11.3. The summed E-state index contributed by atoms with van der Waals surface area (Å²) in [6.45, 7) is 3.44. The van der Waals surface area contributed by atoms with Crippen LogP contribution >= 0.6 is 0 Å². The fourth-order valence-electron chi connectivity index (χ4n) is 4.13. The van der Waals surface area contributed by atoms with E-state index in [0.29, 0.717) is 24.7 Å². The highest BCUT2D eigenvalue weighted by Crippen LogP contribution is 2.53. The zero-order valence-corrected chi connectivity index (χ0v) is 16.6. The van der Waals surface area contributed by atoms with Crippen LogP contribution in [0, 0.1) is 12.3 Å². The minimum atomic E-state index is -0.0727. The first-order chi connectivity index (χ1) is 13.9. The molecule has 2 heterocycles. The number of aryl methyl sites for hydroxylation is 1. The third-order valence-electron chi connectivity index (χ3n) is 5.97. The zero-order chi connectivity index (χ0) is 20.4. The van der Waals surface area contributed by atoms with Gasteiger partial charge in [0.25, 0.3) is 5.91 Å². The molecule has 1 saturated carbocycles. The van der Waals surface area contributed by atoms with Crippen molar-refractivity contribution in [3.8, 4) is 5.75 Å². The molecule has 0 bridgehead atoms. The Balaban J connectivity index is 1.21. The number of nitrogen functional groups attached to an aromatic ring is 1. The second kappa shape index (κ2) is 7.77. The maximum absolute atomic E-state index is 12.4. The summed E-state index contributed by atoms with van der Waals surface area (Å²) in [5.74, 6) is 1.13. The van der Waals surface area contributed by atoms with E-state index in [1.165, 1.54) is 4.68 Å². The smallest absolute Gasteiger partial charge is 0.260 e. The Hall–Kier alpha value is -3.03. The van der Waals surface area contributed by atoms with Gasteiger partial charge in [0, 0.05) is 25.2 Å². The van der Waals surface area contributed by atoms with Gasteiger partial charge in [-0.25, -0.2) is 4.68 Å². The minimum absolute atomic E-state index is 0.00876. The molecule has 2 aliphatic rings. The Morgan fingerprint density at radius 3 is 2.66 bits per heavy atom. The van der Waals surface area contributed by atoms with Gasteiger partial charge in [-0.3, -0.25) is 9.59 Å². The van der Waals surface area contributed by atoms with Crippen LogP contribution in [0.4, 0.5) is 5.82 Å². The van der Waals surface area contributed by atoms with E-state index in [4.69, 9.17) is 10.5 Å². The maximum Gasteiger partial charge on any atom is 0.260 e. The maximum atomic E-state index is 12.4. The first kappa shape index (κ1) is 19.3. The molecule has 0 radical (unpaired) electrons. The fraction of sp³-hybridized carbons (Fsp3) is 0.476. The van der Waals surface area contributed by atoms with Crippen LogP contribution < -0.4 is 15.8 Å². The molecule has 2 aromatic rings. The van der Waals surface area contributed by atoms with Gasteiger partial charge in [-0.1, -0.05) is 18.2 Å². The van der Waals surface area contributed by atoms with Crippen LogP contribution in [0.1, 0.15) is 25.0 Å². The van der Waals surface area contributed by atoms with Crippen molar-refractivity contribution in [1.29, 1.82) is 0 Å². The lowest BCUT2D eigenvalue weighted by atomic mass is 9.92. The largest absolute Gasteiger partial charge is 0.484 e. The highest BCUT2D eigenvalue weighted by molar-refractivity contribution is 5.78. The molecule has 2 fully saturated rings. The molecule has 8 heteroatoms. The number of likely N-dealkylation sites (tertiary alicyclic amines) is 1. The number of para-hydroxylation sites is 1. The monoisotopic (exact) mass is 397 g/mol. The topological polar surface area (TPSA) is 102 Å². The summed E-state index contributed by atoms with van der Waals surface area (Å²) in [5, 5.41) is 7.33. The van der Waals surface area contributed by atoms with Crippen molar-refractivity contribution in [3.63, 3.8) is 0 Å². The fourth-order valence-corrected chi connectivity index (χ4v) is 4.13. The number of rotatable bonds is 6. The second-order valence-corrected chi connectivity index (χ2v) is 8.04. The number of benzene rings is 1. The Labute approximate surface area is 170 Å². The van der Waals surface area contributed by atoms with Gasteiger partial charge in [0.05, 0.1) is 5.69 Å². The minimum Gasteiger partial charge on any atom is -0.484 e. The van der Waals surface area contributed by atoms with Gasteiger partial charge in [-0.05, 0) is 43.7 Å². The quantitative estimate of drug-likeness (QED) is 0.766. The number of nitrogens with two attached hydrogens (primary N) is 1. The number of carbonyl (C=O) groups excluding carboxylic acids is 2. The molecule has 1 spiro atoms. The summed E-state index contributed by atoms with van der Waals surface area (Å²) in [5.41, 5.74) is 6.77. The van der Waals surface area contributed by atoms with E-state index >= 15 is 0 Å². The van der Waals surface area contributed by atoms with Crippen molar-refractivity contribution >= 4 is 17.6 Å². The number of nitrogens with one attached hydrogen (secondary N) is 1. The molecule has 4 rings (SSSR count). The Morgan fingerprint density at radius 1 is 1.28 bits per heavy atom. The normalized spacial score (nSPS) is 19.8. The summed E-state index contributed by atoms with van der Waals surface area (Å²) in [4.78, 5) is 26.6. The molecular formula is C21H27N5O3. The summed E-state index contributed by atoms with van der Waals surface area (Å²) in [6.07, 6.45) is 2.77. The molecule has 1 saturated heterocycles. The Kier molecular flexibility index (Phi) is 5.17. The SMILES string of the molecule is Cc1cc(N)n(CC(=O)NC2CC23CCN(C(=O)COc2ccccc2)CC3)n1. The Morgan fingerprint density at radius 2 is 2.00 bits per heavy atom. The van der Waals surface area contributed by atoms with Crippen LogP contribution in [0.25, 0.3) is 0 Å². The number of anilines is 1. The predicted molar refractivity (Wildman–Crippen MR) is 108 cm³/mol. The number of amides is 2. The first-order valence-electron chi connectivity index (χ1n) is 10.0. The number of piperidine rings is 1. The molecular weight excluding hydrogens is 370 g/mol. The molecule has 1 unspecified atom stereocenters. The van der Waals surface area contributed by atoms with Crippen molar-refractivity contribution in [3.05, 3.63) is 42.1 Å². The van der Waals surface area contributed by atoms with Gasteiger partial charge in [0.1, 0.15) is 18.1 Å². The van der Waals surface area contributed by atoms with Crippen LogP contribution in [0.3, 0.4) is 0 Å². The van der Waals surface area contributed by atoms with Crippen molar-refractivity contribution in [2.45, 2.75) is 38.8 Å². The van der Waals surface area contributed by atoms with Crippen LogP contribution in [0.2, 0.25) is 0 Å². The van der Waals surface area contributed by atoms with Gasteiger partial charge < -0.3 is 20.7 Å². The Bertz CT molecular complexity index is 887. The van der Waals surface area contributed by atoms with Gasteiger partial charge in [0.15, 0.2) is 6.61 Å². The number of hydrogen-bond donors (Lipinski definition) is 2. The van der Waals surface area contributed by atoms with Crippen LogP contribution in [0.5, 0.6) is 5.75 Å². The molecule has 2 amide bonds. The summed E-state index contributed by atoms with van der Waals surface area (Å²) < 4.78 is 7.09. The van der Waals surface area contributed by atoms with E-state index in [1.807, 2.05) is 42.2 Å². The number of carbonyl (C=O) groups is 2. The number of aromatic nitrogens is 2. The van der Waals surface area contributed by atoms with Crippen molar-refractivity contribution in [2.24, 2.45) is 5.41 Å². The lowest BCUT2D eigenvalue weighted by Gasteiger charge is -2.33. The predicted octanol–water partition coefficient (Wildman–Crippen LogP) is 1.35. The molecule has 1 aliphatic heterocycles. The molecule has 1 aromatic carbocycles. The molecule has 1 aromatic heterocycles. The molecule has 29 heavy (non-hydrogen) atoms. The van der Waals surface area contributed by atoms with E-state index in [0.717, 1.165) is 25.0 Å². The van der Waals surface area contributed by atoms with E-state index in [-0.39, 0.29) is 36.4 Å². The lowest BCUT2D eigenvalue weighted by Crippen LogP contribution is -2.43. The van der Waals surface area contributed by atoms with E-state index in [1.54, 1.807) is 6.07 Å². The van der Waals surface area contributed by atoms with Crippen molar-refractivity contribution in [1.82, 2.24) is 20.0 Å². The standard InChI is InChI=1S/C21H27N5O3/c1-15-11-18(22)26(24-15)13-19(27)23-17-12-21(17)7-9-25(10-8-21)20(28)14-29-16-5-3-2-4-6-16/h2-6,11,17H,7-10,12-14,22H2,1H3,(H,23,27). The summed E-state index contributed by atoms with van der Waals surface area (Å²) in [7, 11) is 0. The second-order valence-electron chi connectivity index (χ2n) is 8.04. The molecule has 1 aliphatic carbocycles. The molecule has 1 atom stereocenters. The van der Waals surface area contributed by atoms with Crippen LogP contribution in [-0.4, -0.2) is 52.2 Å². The highest BCUT2D eigenvalue weighted by Gasteiger charge is 2.55. The number of hydrogen-bond acceptors (Lipinski definition) is 5. The summed E-state index contributed by atoms with van der Waals surface area (Å²) >= 11 is 0. The van der Waals surface area contributed by atoms with Crippen molar-refractivity contribution < 1.29 is 14.3 Å². The molecule has 154 valence electrons. The third kappa shape index (κ3) is 4.36. The average Bonchev–Trinajstić information content (AvgIpc) is 3.25. The zero-order valence-electron chi connectivity index (χ0n) is 16.6. The van der Waals surface area contributed by atoms with Gasteiger partial charge in [0.2, 0.25) is 5.91 Å². The number of nitrogens with zero attached hydrogens (tertiary/aromatic N) is 3. The van der Waals surface area contributed by atoms with Crippen LogP contribution in [0.15, 0.2) is 36.4 Å². The van der Waals surface area contributed by atoms with E-state index in [9.17, 15) is 9.59 Å². The van der Waals surface area contributed by atoms with Crippen molar-refractivity contribution in [2.75, 3.05) is 25.4 Å². The van der Waals surface area contributed by atoms with Crippen LogP contribution in [-0.2, 0) is 16.1 Å². The van der Waals surface area contributed by atoms with Gasteiger partial charge in [-0.15, -0.1) is 0 Å². The van der Waals surface area contributed by atoms with Gasteiger partial charge in [-0.2, -0.15) is 5.10 Å². The first-order valence-corrected chi connectivity index (χ1v) is 10.0. The lowest BCUT2D eigenvalue weighted by molar-refractivity contribution is -0.135. The molecule has 3 N–H and O–H groups in total.